The van der Waals surface area contributed by atoms with Gasteiger partial charge in [0, 0.05) is 0 Å². The molecule has 2 aromatic rings. The zero-order valence-electron chi connectivity index (χ0n) is 14.5. The van der Waals surface area contributed by atoms with E-state index in [1.807, 2.05) is 32.0 Å². The third-order valence-electron chi connectivity index (χ3n) is 3.30. The highest BCUT2D eigenvalue weighted by Gasteiger charge is 2.11. The number of amides is 1. The van der Waals surface area contributed by atoms with E-state index in [-0.39, 0.29) is 6.61 Å². The van der Waals surface area contributed by atoms with Crippen molar-refractivity contribution in [3.8, 4) is 11.5 Å². The molecule has 2 aromatic carbocycles. The highest BCUT2D eigenvalue weighted by Crippen LogP contribution is 2.22. The van der Waals surface area contributed by atoms with Crippen LogP contribution in [0.2, 0.25) is 0 Å². The van der Waals surface area contributed by atoms with Crippen molar-refractivity contribution in [1.82, 2.24) is 0 Å². The van der Waals surface area contributed by atoms with E-state index < -0.39 is 18.5 Å². The largest absolute Gasteiger partial charge is 0.495 e. The van der Waals surface area contributed by atoms with Crippen molar-refractivity contribution in [2.45, 2.75) is 13.8 Å². The Labute approximate surface area is 146 Å². The Morgan fingerprint density at radius 2 is 1.68 bits per heavy atom. The number of rotatable bonds is 7. The second-order valence-corrected chi connectivity index (χ2v) is 5.52. The predicted octanol–water partition coefficient (Wildman–Crippen LogP) is 2.87. The van der Waals surface area contributed by atoms with Crippen molar-refractivity contribution in [2.24, 2.45) is 0 Å². The molecule has 0 radical (unpaired) electrons. The molecule has 0 fully saturated rings. The first-order chi connectivity index (χ1) is 12.0. The number of nitrogens with one attached hydrogen (secondary N) is 1. The van der Waals surface area contributed by atoms with Crippen molar-refractivity contribution < 1.29 is 23.8 Å². The molecule has 0 bridgehead atoms. The number of ether oxygens (including phenoxy) is 3. The summed E-state index contributed by atoms with van der Waals surface area (Å²) in [7, 11) is 1.51. The van der Waals surface area contributed by atoms with Crippen LogP contribution in [0.3, 0.4) is 0 Å². The normalized spacial score (nSPS) is 10.0. The molecule has 2 rings (SSSR count). The molecule has 6 nitrogen and oxygen atoms in total. The van der Waals surface area contributed by atoms with E-state index in [9.17, 15) is 9.59 Å². The molecular formula is C19H21NO5. The van der Waals surface area contributed by atoms with Crippen molar-refractivity contribution in [1.29, 1.82) is 0 Å². The lowest BCUT2D eigenvalue weighted by Gasteiger charge is -2.11. The maximum absolute atomic E-state index is 11.9. The quantitative estimate of drug-likeness (QED) is 0.783. The van der Waals surface area contributed by atoms with Gasteiger partial charge in [0.2, 0.25) is 0 Å². The molecule has 0 aliphatic heterocycles. The summed E-state index contributed by atoms with van der Waals surface area (Å²) < 4.78 is 15.4. The van der Waals surface area contributed by atoms with Gasteiger partial charge in [-0.2, -0.15) is 0 Å². The summed E-state index contributed by atoms with van der Waals surface area (Å²) in [4.78, 5) is 23.6. The lowest BCUT2D eigenvalue weighted by atomic mass is 10.1. The number of para-hydroxylation sites is 2. The Balaban J connectivity index is 1.78. The van der Waals surface area contributed by atoms with Crippen LogP contribution in [-0.2, 0) is 14.3 Å². The van der Waals surface area contributed by atoms with Crippen LogP contribution in [0.1, 0.15) is 11.1 Å². The fourth-order valence-electron chi connectivity index (χ4n) is 2.28. The van der Waals surface area contributed by atoms with E-state index in [0.717, 1.165) is 11.1 Å². The van der Waals surface area contributed by atoms with Crippen LogP contribution in [0.15, 0.2) is 42.5 Å². The molecule has 0 saturated heterocycles. The summed E-state index contributed by atoms with van der Waals surface area (Å²) in [5, 5.41) is 2.62. The minimum absolute atomic E-state index is 0.259. The van der Waals surface area contributed by atoms with Gasteiger partial charge in [-0.25, -0.2) is 4.79 Å². The van der Waals surface area contributed by atoms with Crippen LogP contribution in [0.5, 0.6) is 11.5 Å². The zero-order valence-corrected chi connectivity index (χ0v) is 14.5. The molecule has 0 heterocycles. The average molecular weight is 343 g/mol. The van der Waals surface area contributed by atoms with Gasteiger partial charge in [-0.05, 0) is 49.2 Å². The molecule has 0 aliphatic rings. The molecule has 132 valence electrons. The van der Waals surface area contributed by atoms with Crippen LogP contribution >= 0.6 is 0 Å². The van der Waals surface area contributed by atoms with Gasteiger partial charge in [0.05, 0.1) is 12.8 Å². The zero-order chi connectivity index (χ0) is 18.2. The molecule has 1 N–H and O–H groups in total. The van der Waals surface area contributed by atoms with Gasteiger partial charge in [0.15, 0.2) is 13.2 Å². The molecule has 0 saturated carbocycles. The number of hydrogen-bond donors (Lipinski definition) is 1. The summed E-state index contributed by atoms with van der Waals surface area (Å²) in [6, 6.07) is 12.6. The molecule has 6 heteroatoms. The van der Waals surface area contributed by atoms with Gasteiger partial charge in [0.1, 0.15) is 11.5 Å². The van der Waals surface area contributed by atoms with Crippen LogP contribution in [0, 0.1) is 13.8 Å². The van der Waals surface area contributed by atoms with Gasteiger partial charge in [-0.3, -0.25) is 4.79 Å². The van der Waals surface area contributed by atoms with E-state index in [0.29, 0.717) is 17.2 Å². The fraction of sp³-hybridized carbons (Fsp3) is 0.263. The van der Waals surface area contributed by atoms with Crippen molar-refractivity contribution in [2.75, 3.05) is 25.6 Å². The Bertz CT molecular complexity index is 737. The summed E-state index contributed by atoms with van der Waals surface area (Å²) >= 11 is 0. The number of methoxy groups -OCH3 is 1. The minimum atomic E-state index is -0.616. The van der Waals surface area contributed by atoms with Crippen LogP contribution < -0.4 is 14.8 Å². The number of aryl methyl sites for hydroxylation is 2. The van der Waals surface area contributed by atoms with Gasteiger partial charge in [-0.1, -0.05) is 18.2 Å². The van der Waals surface area contributed by atoms with Crippen LogP contribution in [0.25, 0.3) is 0 Å². The number of esters is 1. The first-order valence-corrected chi connectivity index (χ1v) is 7.77. The molecule has 0 atom stereocenters. The third kappa shape index (κ3) is 5.84. The predicted molar refractivity (Wildman–Crippen MR) is 94.0 cm³/mol. The van der Waals surface area contributed by atoms with Crippen LogP contribution in [0.4, 0.5) is 5.69 Å². The first-order valence-electron chi connectivity index (χ1n) is 7.77. The Kier molecular flexibility index (Phi) is 6.39. The summed E-state index contributed by atoms with van der Waals surface area (Å²) in [5.74, 6) is 0.0480. The highest BCUT2D eigenvalue weighted by atomic mass is 16.6. The van der Waals surface area contributed by atoms with Crippen LogP contribution in [-0.4, -0.2) is 32.2 Å². The molecule has 25 heavy (non-hydrogen) atoms. The van der Waals surface area contributed by atoms with Gasteiger partial charge >= 0.3 is 5.97 Å². The lowest BCUT2D eigenvalue weighted by molar-refractivity contribution is -0.149. The molecule has 0 spiro atoms. The smallest absolute Gasteiger partial charge is 0.344 e. The standard InChI is InChI=1S/C19H21NO5/c1-13-8-14(2)10-15(9-13)24-12-19(22)25-11-18(21)20-16-6-4-5-7-17(16)23-3/h4-10H,11-12H2,1-3H3,(H,20,21). The summed E-state index contributed by atoms with van der Waals surface area (Å²) in [6.45, 7) is 3.23. The van der Waals surface area contributed by atoms with Gasteiger partial charge < -0.3 is 19.5 Å². The van der Waals surface area contributed by atoms with E-state index in [1.54, 1.807) is 24.3 Å². The number of carbonyl (C=O) groups excluding carboxylic acids is 2. The number of hydrogen-bond acceptors (Lipinski definition) is 5. The summed E-state index contributed by atoms with van der Waals surface area (Å²) in [5.41, 5.74) is 2.59. The second kappa shape index (κ2) is 8.73. The Morgan fingerprint density at radius 3 is 2.36 bits per heavy atom. The Morgan fingerprint density at radius 1 is 1.00 bits per heavy atom. The SMILES string of the molecule is COc1ccccc1NC(=O)COC(=O)COc1cc(C)cc(C)c1. The van der Waals surface area contributed by atoms with Crippen molar-refractivity contribution in [3.63, 3.8) is 0 Å². The monoisotopic (exact) mass is 343 g/mol. The highest BCUT2D eigenvalue weighted by molar-refractivity contribution is 5.94. The number of anilines is 1. The first kappa shape index (κ1) is 18.3. The number of carbonyl (C=O) groups is 2. The summed E-state index contributed by atoms with van der Waals surface area (Å²) in [6.07, 6.45) is 0. The molecule has 1 amide bonds. The second-order valence-electron chi connectivity index (χ2n) is 5.52. The van der Waals surface area contributed by atoms with E-state index in [1.165, 1.54) is 7.11 Å². The third-order valence-corrected chi connectivity index (χ3v) is 3.30. The Hall–Kier alpha value is -3.02. The van der Waals surface area contributed by atoms with Gasteiger partial charge in [-0.15, -0.1) is 0 Å². The molecule has 0 aromatic heterocycles. The van der Waals surface area contributed by atoms with E-state index in [2.05, 4.69) is 5.32 Å². The topological polar surface area (TPSA) is 73.9 Å². The average Bonchev–Trinajstić information content (AvgIpc) is 2.58. The molecule has 0 unspecified atom stereocenters. The lowest BCUT2D eigenvalue weighted by Crippen LogP contribution is -2.23. The van der Waals surface area contributed by atoms with E-state index >= 15 is 0 Å². The van der Waals surface area contributed by atoms with Gasteiger partial charge in [0.25, 0.3) is 5.91 Å². The van der Waals surface area contributed by atoms with Crippen molar-refractivity contribution in [3.05, 3.63) is 53.6 Å². The van der Waals surface area contributed by atoms with E-state index in [4.69, 9.17) is 14.2 Å². The van der Waals surface area contributed by atoms with Crippen molar-refractivity contribution >= 4 is 17.6 Å². The molecule has 0 aliphatic carbocycles. The molecular weight excluding hydrogens is 322 g/mol. The number of benzene rings is 2. The maximum atomic E-state index is 11.9. The fourth-order valence-corrected chi connectivity index (χ4v) is 2.28. The minimum Gasteiger partial charge on any atom is -0.495 e. The maximum Gasteiger partial charge on any atom is 0.344 e.